The zero-order valence-electron chi connectivity index (χ0n) is 19.5. The maximum atomic E-state index is 14.7. The van der Waals surface area contributed by atoms with Crippen molar-refractivity contribution < 1.29 is 13.2 Å². The number of aliphatic imine (C=N–C) groups is 1. The van der Waals surface area contributed by atoms with Crippen LogP contribution in [0.2, 0.25) is 5.02 Å². The third kappa shape index (κ3) is 4.32. The molecule has 0 bridgehead atoms. The first-order chi connectivity index (χ1) is 18.0. The molecular formula is C27H19ClF2N6O. The van der Waals surface area contributed by atoms with E-state index in [1.807, 2.05) is 25.2 Å². The van der Waals surface area contributed by atoms with Crippen LogP contribution in [0, 0.1) is 11.6 Å². The summed E-state index contributed by atoms with van der Waals surface area (Å²) in [5.74, 6) is -0.475. The summed E-state index contributed by atoms with van der Waals surface area (Å²) in [6.07, 6.45) is 1.66. The van der Waals surface area contributed by atoms with Crippen molar-refractivity contribution in [2.24, 2.45) is 4.99 Å². The van der Waals surface area contributed by atoms with Gasteiger partial charge in [0.1, 0.15) is 17.2 Å². The number of nitrogens with one attached hydrogen (secondary N) is 2. The largest absolute Gasteiger partial charge is 0.439 e. The molecule has 0 fully saturated rings. The highest BCUT2D eigenvalue weighted by atomic mass is 35.5. The minimum absolute atomic E-state index is 0.142. The Hall–Kier alpha value is -4.21. The van der Waals surface area contributed by atoms with Gasteiger partial charge in [-0.3, -0.25) is 4.99 Å². The highest BCUT2D eigenvalue weighted by Gasteiger charge is 2.25. The Labute approximate surface area is 215 Å². The number of anilines is 2. The van der Waals surface area contributed by atoms with Gasteiger partial charge in [-0.05, 0) is 43.4 Å². The number of hydrogen-bond acceptors (Lipinski definition) is 7. The second-order valence-corrected chi connectivity index (χ2v) is 8.90. The lowest BCUT2D eigenvalue weighted by atomic mass is 9.95. The van der Waals surface area contributed by atoms with Gasteiger partial charge >= 0.3 is 0 Å². The van der Waals surface area contributed by atoms with Gasteiger partial charge in [-0.1, -0.05) is 23.7 Å². The van der Waals surface area contributed by atoms with E-state index >= 15 is 0 Å². The maximum absolute atomic E-state index is 14.7. The SMILES string of the molecule is CNCc1nc2ccc(Nc3ncc4c(n3)-c3ccc(Cl)cc3C(c3c(F)cccc3F)=NC4)cc2o1. The van der Waals surface area contributed by atoms with Gasteiger partial charge in [-0.25, -0.2) is 23.7 Å². The molecule has 0 saturated heterocycles. The van der Waals surface area contributed by atoms with Gasteiger partial charge < -0.3 is 15.1 Å². The summed E-state index contributed by atoms with van der Waals surface area (Å²) < 4.78 is 35.3. The van der Waals surface area contributed by atoms with Gasteiger partial charge in [0.15, 0.2) is 5.58 Å². The van der Waals surface area contributed by atoms with Crippen molar-refractivity contribution in [3.05, 3.63) is 100 Å². The zero-order valence-corrected chi connectivity index (χ0v) is 20.3. The number of hydrogen-bond donors (Lipinski definition) is 2. The van der Waals surface area contributed by atoms with Gasteiger partial charge in [0.25, 0.3) is 0 Å². The van der Waals surface area contributed by atoms with E-state index < -0.39 is 11.6 Å². The molecule has 3 aromatic carbocycles. The van der Waals surface area contributed by atoms with Gasteiger partial charge in [-0.15, -0.1) is 0 Å². The van der Waals surface area contributed by atoms with Gasteiger partial charge in [-0.2, -0.15) is 0 Å². The van der Waals surface area contributed by atoms with E-state index in [9.17, 15) is 8.78 Å². The number of halogens is 3. The number of nitrogens with zero attached hydrogens (tertiary/aromatic N) is 4. The first kappa shape index (κ1) is 23.2. The maximum Gasteiger partial charge on any atom is 0.227 e. The van der Waals surface area contributed by atoms with E-state index in [1.165, 1.54) is 18.2 Å². The number of benzene rings is 3. The molecule has 0 unspecified atom stereocenters. The van der Waals surface area contributed by atoms with Crippen LogP contribution in [0.5, 0.6) is 0 Å². The molecule has 10 heteroatoms. The van der Waals surface area contributed by atoms with Gasteiger partial charge in [0, 0.05) is 39.7 Å². The lowest BCUT2D eigenvalue weighted by molar-refractivity contribution is 0.511. The monoisotopic (exact) mass is 516 g/mol. The number of rotatable bonds is 5. The molecule has 6 rings (SSSR count). The van der Waals surface area contributed by atoms with Crippen molar-refractivity contribution in [1.82, 2.24) is 20.3 Å². The van der Waals surface area contributed by atoms with E-state index in [1.54, 1.807) is 24.4 Å². The van der Waals surface area contributed by atoms with Gasteiger partial charge in [0.2, 0.25) is 11.8 Å². The Morgan fingerprint density at radius 1 is 1.00 bits per heavy atom. The van der Waals surface area contributed by atoms with Crippen molar-refractivity contribution in [1.29, 1.82) is 0 Å². The summed E-state index contributed by atoms with van der Waals surface area (Å²) in [6.45, 7) is 0.666. The molecule has 2 N–H and O–H groups in total. The van der Waals surface area contributed by atoms with Crippen LogP contribution in [0.25, 0.3) is 22.4 Å². The standard InChI is InChI=1S/C27H19ClF2N6O/c1-31-13-23-35-21-8-6-16(10-22(21)37-23)34-27-33-12-14-11-32-26(24-19(29)3-2-4-20(24)30)18-9-15(28)5-7-17(18)25(14)36-27/h2-10,12,31H,11,13H2,1H3,(H,33,34,36). The normalized spacial score (nSPS) is 12.6. The lowest BCUT2D eigenvalue weighted by Crippen LogP contribution is -2.10. The molecular weight excluding hydrogens is 498 g/mol. The quantitative estimate of drug-likeness (QED) is 0.296. The highest BCUT2D eigenvalue weighted by Crippen LogP contribution is 2.35. The summed E-state index contributed by atoms with van der Waals surface area (Å²) in [5, 5.41) is 6.63. The molecule has 1 aliphatic rings. The molecule has 0 radical (unpaired) electrons. The van der Waals surface area contributed by atoms with E-state index in [0.717, 1.165) is 11.2 Å². The summed E-state index contributed by atoms with van der Waals surface area (Å²) in [5.41, 5.74) is 4.50. The van der Waals surface area contributed by atoms with Crippen molar-refractivity contribution in [3.63, 3.8) is 0 Å². The third-order valence-corrected chi connectivity index (χ3v) is 6.22. The predicted octanol–water partition coefficient (Wildman–Crippen LogP) is 6.03. The van der Waals surface area contributed by atoms with Crippen LogP contribution in [-0.4, -0.2) is 27.7 Å². The molecule has 0 atom stereocenters. The molecule has 7 nitrogen and oxygen atoms in total. The van der Waals surface area contributed by atoms with E-state index in [0.29, 0.717) is 51.4 Å². The van der Waals surface area contributed by atoms with E-state index in [2.05, 4.69) is 25.6 Å². The molecule has 37 heavy (non-hydrogen) atoms. The summed E-state index contributed by atoms with van der Waals surface area (Å²) in [6, 6.07) is 14.4. The lowest BCUT2D eigenvalue weighted by Gasteiger charge is -2.13. The van der Waals surface area contributed by atoms with Crippen LogP contribution in [0.1, 0.15) is 22.6 Å². The molecule has 0 amide bonds. The second-order valence-electron chi connectivity index (χ2n) is 8.46. The molecule has 1 aliphatic heterocycles. The molecule has 5 aromatic rings. The predicted molar refractivity (Wildman–Crippen MR) is 138 cm³/mol. The van der Waals surface area contributed by atoms with Crippen LogP contribution >= 0.6 is 11.6 Å². The van der Waals surface area contributed by atoms with Crippen LogP contribution in [0.4, 0.5) is 20.4 Å². The summed E-state index contributed by atoms with van der Waals surface area (Å²) >= 11 is 6.29. The average molecular weight is 517 g/mol. The topological polar surface area (TPSA) is 88.2 Å². The Morgan fingerprint density at radius 2 is 1.84 bits per heavy atom. The first-order valence-corrected chi connectivity index (χ1v) is 11.8. The van der Waals surface area contributed by atoms with Crippen LogP contribution < -0.4 is 10.6 Å². The Balaban J connectivity index is 1.41. The van der Waals surface area contributed by atoms with E-state index in [4.69, 9.17) is 21.0 Å². The van der Waals surface area contributed by atoms with Crippen molar-refractivity contribution in [3.8, 4) is 11.3 Å². The highest BCUT2D eigenvalue weighted by molar-refractivity contribution is 6.31. The summed E-state index contributed by atoms with van der Waals surface area (Å²) in [7, 11) is 1.82. The first-order valence-electron chi connectivity index (χ1n) is 11.5. The van der Waals surface area contributed by atoms with E-state index in [-0.39, 0.29) is 17.8 Å². The summed E-state index contributed by atoms with van der Waals surface area (Å²) in [4.78, 5) is 18.2. The van der Waals surface area contributed by atoms with Crippen LogP contribution in [0.3, 0.4) is 0 Å². The third-order valence-electron chi connectivity index (χ3n) is 5.98. The zero-order chi connectivity index (χ0) is 25.5. The Kier molecular flexibility index (Phi) is 5.86. The van der Waals surface area contributed by atoms with Crippen LogP contribution in [0.15, 0.2) is 70.2 Å². The van der Waals surface area contributed by atoms with Crippen LogP contribution in [-0.2, 0) is 13.1 Å². The molecule has 3 heterocycles. The average Bonchev–Trinajstić information content (AvgIpc) is 3.21. The fourth-order valence-electron chi connectivity index (χ4n) is 4.33. The smallest absolute Gasteiger partial charge is 0.227 e. The van der Waals surface area contributed by atoms with Gasteiger partial charge in [0.05, 0.1) is 30.1 Å². The molecule has 2 aromatic heterocycles. The minimum Gasteiger partial charge on any atom is -0.439 e. The minimum atomic E-state index is -0.704. The molecule has 0 spiro atoms. The second kappa shape index (κ2) is 9.34. The Morgan fingerprint density at radius 3 is 2.65 bits per heavy atom. The number of oxazole rings is 1. The molecule has 0 aliphatic carbocycles. The fourth-order valence-corrected chi connectivity index (χ4v) is 4.50. The van der Waals surface area contributed by atoms with Crippen molar-refractivity contribution in [2.75, 3.05) is 12.4 Å². The molecule has 0 saturated carbocycles. The molecule has 184 valence electrons. The van der Waals surface area contributed by atoms with Crippen molar-refractivity contribution >= 4 is 40.0 Å². The number of fused-ring (bicyclic) bond motifs is 4. The fraction of sp³-hybridized carbons (Fsp3) is 0.111. The van der Waals surface area contributed by atoms with Crippen molar-refractivity contribution in [2.45, 2.75) is 13.1 Å². The Bertz CT molecular complexity index is 1680. The number of aromatic nitrogens is 3.